The maximum atomic E-state index is 12.2. The number of anilines is 2. The van der Waals surface area contributed by atoms with E-state index in [1.54, 1.807) is 0 Å². The van der Waals surface area contributed by atoms with Gasteiger partial charge in [0.1, 0.15) is 0 Å². The number of pyridine rings is 1. The molecule has 1 aliphatic heterocycles. The van der Waals surface area contributed by atoms with E-state index in [1.807, 2.05) is 49.4 Å². The average Bonchev–Trinajstić information content (AvgIpc) is 3.01. The maximum absolute atomic E-state index is 12.2. The number of fused-ring (bicyclic) bond motifs is 1. The lowest BCUT2D eigenvalue weighted by Gasteiger charge is -2.18. The zero-order valence-corrected chi connectivity index (χ0v) is 16.4. The third kappa shape index (κ3) is 3.37. The number of aryl methyl sites for hydroxylation is 1. The van der Waals surface area contributed by atoms with Gasteiger partial charge in [0.25, 0.3) is 0 Å². The summed E-state index contributed by atoms with van der Waals surface area (Å²) in [7, 11) is -3.16. The highest BCUT2D eigenvalue weighted by Crippen LogP contribution is 2.29. The Kier molecular flexibility index (Phi) is 4.52. The summed E-state index contributed by atoms with van der Waals surface area (Å²) < 4.78 is 25.9. The van der Waals surface area contributed by atoms with Gasteiger partial charge in [0.2, 0.25) is 10.0 Å². The van der Waals surface area contributed by atoms with Crippen molar-refractivity contribution in [2.45, 2.75) is 26.8 Å². The van der Waals surface area contributed by atoms with Crippen LogP contribution >= 0.6 is 0 Å². The molecular weight excluding hydrogens is 358 g/mol. The van der Waals surface area contributed by atoms with Crippen LogP contribution in [0.15, 0.2) is 48.5 Å². The number of nitrogens with one attached hydrogen (secondary N) is 1. The topological polar surface area (TPSA) is 62.3 Å². The largest absolute Gasteiger partial charge is 0.380 e. The van der Waals surface area contributed by atoms with Crippen molar-refractivity contribution < 1.29 is 8.42 Å². The standard InChI is InChI=1S/C21H23N3O2S/c1-15-16(2)23-20-10-4-3-9-19(20)21(15)22-14-17-7-5-8-18(13-17)24-11-6-12-27(24,25)26/h3-5,7-10,13H,6,11-12,14H2,1-2H3,(H,22,23). The van der Waals surface area contributed by atoms with Gasteiger partial charge in [-0.1, -0.05) is 30.3 Å². The Hall–Kier alpha value is -2.60. The van der Waals surface area contributed by atoms with Gasteiger partial charge in [-0.2, -0.15) is 0 Å². The van der Waals surface area contributed by atoms with Crippen LogP contribution in [0.5, 0.6) is 0 Å². The zero-order chi connectivity index (χ0) is 19.0. The molecule has 3 aromatic rings. The minimum Gasteiger partial charge on any atom is -0.380 e. The Labute approximate surface area is 160 Å². The lowest BCUT2D eigenvalue weighted by molar-refractivity contribution is 0.599. The third-order valence-electron chi connectivity index (χ3n) is 5.15. The molecule has 5 nitrogen and oxygen atoms in total. The van der Waals surface area contributed by atoms with E-state index in [0.29, 0.717) is 19.5 Å². The smallest absolute Gasteiger partial charge is 0.235 e. The van der Waals surface area contributed by atoms with Gasteiger partial charge >= 0.3 is 0 Å². The molecule has 0 amide bonds. The summed E-state index contributed by atoms with van der Waals surface area (Å²) in [5, 5.41) is 4.64. The lowest BCUT2D eigenvalue weighted by atomic mass is 10.1. The number of para-hydroxylation sites is 1. The Morgan fingerprint density at radius 3 is 2.70 bits per heavy atom. The Morgan fingerprint density at radius 1 is 1.11 bits per heavy atom. The number of benzene rings is 2. The van der Waals surface area contributed by atoms with Gasteiger partial charge in [-0.05, 0) is 49.6 Å². The first kappa shape index (κ1) is 17.8. The van der Waals surface area contributed by atoms with E-state index >= 15 is 0 Å². The van der Waals surface area contributed by atoms with Gasteiger partial charge in [0, 0.05) is 29.9 Å². The molecular formula is C21H23N3O2S. The van der Waals surface area contributed by atoms with Crippen molar-refractivity contribution in [3.8, 4) is 0 Å². The first-order valence-electron chi connectivity index (χ1n) is 9.15. The monoisotopic (exact) mass is 381 g/mol. The van der Waals surface area contributed by atoms with Crippen molar-refractivity contribution >= 4 is 32.3 Å². The van der Waals surface area contributed by atoms with Crippen molar-refractivity contribution in [1.82, 2.24) is 4.98 Å². The fourth-order valence-corrected chi connectivity index (χ4v) is 5.16. The number of hydrogen-bond donors (Lipinski definition) is 1. The fourth-order valence-electron chi connectivity index (χ4n) is 3.60. The summed E-state index contributed by atoms with van der Waals surface area (Å²) >= 11 is 0. The molecule has 2 heterocycles. The van der Waals surface area contributed by atoms with Crippen LogP contribution in [-0.2, 0) is 16.6 Å². The Balaban J connectivity index is 1.63. The van der Waals surface area contributed by atoms with Crippen LogP contribution in [0.4, 0.5) is 11.4 Å². The van der Waals surface area contributed by atoms with Gasteiger partial charge in [0.15, 0.2) is 0 Å². The van der Waals surface area contributed by atoms with Crippen LogP contribution in [0.3, 0.4) is 0 Å². The van der Waals surface area contributed by atoms with Gasteiger partial charge in [-0.3, -0.25) is 9.29 Å². The van der Waals surface area contributed by atoms with E-state index in [0.717, 1.165) is 39.1 Å². The molecule has 0 spiro atoms. The number of sulfonamides is 1. The molecule has 0 unspecified atom stereocenters. The van der Waals surface area contributed by atoms with Crippen LogP contribution < -0.4 is 9.62 Å². The Bertz CT molecular complexity index is 1110. The minimum absolute atomic E-state index is 0.233. The van der Waals surface area contributed by atoms with Gasteiger partial charge in [-0.25, -0.2) is 8.42 Å². The highest BCUT2D eigenvalue weighted by Gasteiger charge is 2.28. The molecule has 1 saturated heterocycles. The number of nitrogens with zero attached hydrogens (tertiary/aromatic N) is 2. The highest BCUT2D eigenvalue weighted by molar-refractivity contribution is 7.93. The van der Waals surface area contributed by atoms with Gasteiger partial charge < -0.3 is 5.32 Å². The van der Waals surface area contributed by atoms with Crippen molar-refractivity contribution in [3.05, 3.63) is 65.4 Å². The van der Waals surface area contributed by atoms with E-state index < -0.39 is 10.0 Å². The average molecular weight is 382 g/mol. The molecule has 2 aromatic carbocycles. The van der Waals surface area contributed by atoms with Crippen molar-refractivity contribution in [2.75, 3.05) is 21.9 Å². The first-order chi connectivity index (χ1) is 13.0. The molecule has 4 rings (SSSR count). The van der Waals surface area contributed by atoms with E-state index in [2.05, 4.69) is 23.3 Å². The molecule has 1 aromatic heterocycles. The summed E-state index contributed by atoms with van der Waals surface area (Å²) in [6.07, 6.45) is 0.687. The molecule has 0 saturated carbocycles. The van der Waals surface area contributed by atoms with Crippen molar-refractivity contribution in [3.63, 3.8) is 0 Å². The second kappa shape index (κ2) is 6.85. The normalized spacial score (nSPS) is 16.0. The first-order valence-corrected chi connectivity index (χ1v) is 10.8. The van der Waals surface area contributed by atoms with Crippen LogP contribution in [0.1, 0.15) is 23.2 Å². The minimum atomic E-state index is -3.16. The van der Waals surface area contributed by atoms with E-state index in [-0.39, 0.29) is 5.75 Å². The predicted octanol–water partition coefficient (Wildman–Crippen LogP) is 4.00. The quantitative estimate of drug-likeness (QED) is 0.742. The molecule has 1 aliphatic rings. The summed E-state index contributed by atoms with van der Waals surface area (Å²) in [6.45, 7) is 5.28. The molecule has 0 bridgehead atoms. The molecule has 6 heteroatoms. The van der Waals surface area contributed by atoms with Crippen LogP contribution in [0, 0.1) is 13.8 Å². The highest BCUT2D eigenvalue weighted by atomic mass is 32.2. The second-order valence-electron chi connectivity index (χ2n) is 6.98. The second-order valence-corrected chi connectivity index (χ2v) is 8.99. The van der Waals surface area contributed by atoms with Crippen LogP contribution in [-0.4, -0.2) is 25.7 Å². The maximum Gasteiger partial charge on any atom is 0.235 e. The van der Waals surface area contributed by atoms with Gasteiger partial charge in [0.05, 0.1) is 17.0 Å². The summed E-state index contributed by atoms with van der Waals surface area (Å²) in [5.74, 6) is 0.233. The molecule has 140 valence electrons. The van der Waals surface area contributed by atoms with E-state index in [1.165, 1.54) is 4.31 Å². The van der Waals surface area contributed by atoms with E-state index in [4.69, 9.17) is 0 Å². The number of aromatic nitrogens is 1. The number of rotatable bonds is 4. The van der Waals surface area contributed by atoms with Crippen molar-refractivity contribution in [1.29, 1.82) is 0 Å². The predicted molar refractivity (Wildman–Crippen MR) is 111 cm³/mol. The van der Waals surface area contributed by atoms with Crippen molar-refractivity contribution in [2.24, 2.45) is 0 Å². The van der Waals surface area contributed by atoms with Gasteiger partial charge in [-0.15, -0.1) is 0 Å². The van der Waals surface area contributed by atoms with Crippen LogP contribution in [0.25, 0.3) is 10.9 Å². The SMILES string of the molecule is Cc1nc2ccccc2c(NCc2cccc(N3CCCS3(=O)=O)c2)c1C. The summed E-state index contributed by atoms with van der Waals surface area (Å²) in [4.78, 5) is 4.66. The number of hydrogen-bond acceptors (Lipinski definition) is 4. The fraction of sp³-hybridized carbons (Fsp3) is 0.286. The zero-order valence-electron chi connectivity index (χ0n) is 15.6. The molecule has 1 fully saturated rings. The Morgan fingerprint density at radius 2 is 1.93 bits per heavy atom. The molecule has 0 radical (unpaired) electrons. The summed E-state index contributed by atoms with van der Waals surface area (Å²) in [5.41, 5.74) is 5.99. The molecule has 0 atom stereocenters. The van der Waals surface area contributed by atoms with Crippen LogP contribution in [0.2, 0.25) is 0 Å². The third-order valence-corrected chi connectivity index (χ3v) is 7.02. The molecule has 0 aliphatic carbocycles. The van der Waals surface area contributed by atoms with E-state index in [9.17, 15) is 8.42 Å². The lowest BCUT2D eigenvalue weighted by Crippen LogP contribution is -2.25. The molecule has 1 N–H and O–H groups in total. The molecule has 27 heavy (non-hydrogen) atoms. The summed E-state index contributed by atoms with van der Waals surface area (Å²) in [6, 6.07) is 15.9.